The summed E-state index contributed by atoms with van der Waals surface area (Å²) in [6.45, 7) is 9.24. The molecular weight excluding hydrogens is 402 g/mol. The molecule has 5 heteroatoms. The molecule has 0 bridgehead atoms. The first-order valence-corrected chi connectivity index (χ1v) is 10.1. The van der Waals surface area contributed by atoms with Crippen molar-refractivity contribution in [3.63, 3.8) is 0 Å². The minimum Gasteiger partial charge on any atom is -0.458 e. The van der Waals surface area contributed by atoms with Crippen molar-refractivity contribution in [2.24, 2.45) is 0 Å². The number of hydrogen-bond acceptors (Lipinski definition) is 5. The molecule has 0 heterocycles. The quantitative estimate of drug-likeness (QED) is 0.313. The van der Waals surface area contributed by atoms with E-state index in [2.05, 4.69) is 37.1 Å². The molecule has 3 rings (SSSR count). The molecular formula is C27H25NO4. The third-order valence-electron chi connectivity index (χ3n) is 4.74. The first kappa shape index (κ1) is 22.6. The smallest absolute Gasteiger partial charge is 0.330 e. The van der Waals surface area contributed by atoms with E-state index in [0.29, 0.717) is 0 Å². The number of benzene rings is 3. The molecule has 3 aromatic carbocycles. The number of hydrogen-bond donors (Lipinski definition) is 0. The second kappa shape index (κ2) is 10.8. The van der Waals surface area contributed by atoms with Crippen LogP contribution >= 0.6 is 0 Å². The molecule has 5 nitrogen and oxygen atoms in total. The summed E-state index contributed by atoms with van der Waals surface area (Å²) in [5.41, 5.74) is 5.84. The van der Waals surface area contributed by atoms with Crippen LogP contribution in [0, 0.1) is 6.92 Å². The third kappa shape index (κ3) is 5.95. The second-order valence-electron chi connectivity index (χ2n) is 7.13. The maximum atomic E-state index is 11.3. The average Bonchev–Trinajstić information content (AvgIpc) is 2.82. The fraction of sp³-hybridized carbons (Fsp3) is 0.111. The Morgan fingerprint density at radius 3 is 1.62 bits per heavy atom. The van der Waals surface area contributed by atoms with Crippen LogP contribution < -0.4 is 4.90 Å². The Hall–Kier alpha value is -4.12. The lowest BCUT2D eigenvalue weighted by Crippen LogP contribution is -2.10. The molecule has 0 amide bonds. The van der Waals surface area contributed by atoms with Gasteiger partial charge in [-0.1, -0.05) is 49.6 Å². The minimum atomic E-state index is -0.450. The van der Waals surface area contributed by atoms with E-state index in [-0.39, 0.29) is 13.2 Å². The molecule has 0 N–H and O–H groups in total. The zero-order valence-electron chi connectivity index (χ0n) is 18.0. The maximum Gasteiger partial charge on any atom is 0.330 e. The summed E-state index contributed by atoms with van der Waals surface area (Å²) in [6.07, 6.45) is 2.30. The van der Waals surface area contributed by atoms with Crippen LogP contribution in [0.2, 0.25) is 0 Å². The van der Waals surface area contributed by atoms with Gasteiger partial charge in [0.15, 0.2) is 0 Å². The highest BCUT2D eigenvalue weighted by Crippen LogP contribution is 2.35. The van der Waals surface area contributed by atoms with Crippen molar-refractivity contribution < 1.29 is 19.1 Å². The Morgan fingerprint density at radius 2 is 1.22 bits per heavy atom. The fourth-order valence-corrected chi connectivity index (χ4v) is 3.12. The Kier molecular flexibility index (Phi) is 7.60. The van der Waals surface area contributed by atoms with Crippen molar-refractivity contribution in [2.75, 3.05) is 4.90 Å². The van der Waals surface area contributed by atoms with E-state index in [4.69, 9.17) is 9.47 Å². The topological polar surface area (TPSA) is 55.8 Å². The summed E-state index contributed by atoms with van der Waals surface area (Å²) in [4.78, 5) is 24.8. The molecule has 0 aliphatic rings. The minimum absolute atomic E-state index is 0.188. The van der Waals surface area contributed by atoms with Crippen molar-refractivity contribution in [3.8, 4) is 0 Å². The molecule has 0 saturated heterocycles. The van der Waals surface area contributed by atoms with Crippen LogP contribution in [0.25, 0.3) is 0 Å². The van der Waals surface area contributed by atoms with Gasteiger partial charge in [-0.25, -0.2) is 9.59 Å². The highest BCUT2D eigenvalue weighted by atomic mass is 16.5. The normalized spacial score (nSPS) is 10.2. The van der Waals surface area contributed by atoms with Crippen molar-refractivity contribution in [1.29, 1.82) is 0 Å². The van der Waals surface area contributed by atoms with E-state index in [1.54, 1.807) is 0 Å². The lowest BCUT2D eigenvalue weighted by atomic mass is 10.1. The molecule has 32 heavy (non-hydrogen) atoms. The zero-order chi connectivity index (χ0) is 22.9. The van der Waals surface area contributed by atoms with Crippen LogP contribution in [0.3, 0.4) is 0 Å². The molecule has 3 aromatic rings. The highest BCUT2D eigenvalue weighted by Gasteiger charge is 2.13. The van der Waals surface area contributed by atoms with Gasteiger partial charge in [0.1, 0.15) is 13.2 Å². The number of aryl methyl sites for hydroxylation is 1. The molecule has 0 aliphatic heterocycles. The lowest BCUT2D eigenvalue weighted by molar-refractivity contribution is -0.139. The Labute approximate surface area is 188 Å². The Morgan fingerprint density at radius 1 is 0.750 bits per heavy atom. The van der Waals surface area contributed by atoms with E-state index in [1.807, 2.05) is 60.7 Å². The summed E-state index contributed by atoms with van der Waals surface area (Å²) in [5, 5.41) is 0. The largest absolute Gasteiger partial charge is 0.458 e. The van der Waals surface area contributed by atoms with Crippen molar-refractivity contribution in [2.45, 2.75) is 20.1 Å². The molecule has 0 unspecified atom stereocenters. The van der Waals surface area contributed by atoms with Crippen LogP contribution in [-0.2, 0) is 32.3 Å². The maximum absolute atomic E-state index is 11.3. The van der Waals surface area contributed by atoms with Crippen LogP contribution in [0.15, 0.2) is 98.1 Å². The van der Waals surface area contributed by atoms with Gasteiger partial charge >= 0.3 is 11.9 Å². The average molecular weight is 428 g/mol. The fourth-order valence-electron chi connectivity index (χ4n) is 3.12. The molecule has 162 valence electrons. The van der Waals surface area contributed by atoms with Gasteiger partial charge in [0.05, 0.1) is 0 Å². The van der Waals surface area contributed by atoms with E-state index >= 15 is 0 Å². The molecule has 0 aromatic heterocycles. The number of anilines is 3. The van der Waals surface area contributed by atoms with Gasteiger partial charge in [-0.15, -0.1) is 0 Å². The number of carbonyl (C=O) groups is 2. The summed E-state index contributed by atoms with van der Waals surface area (Å²) in [6, 6.07) is 23.9. The van der Waals surface area contributed by atoms with Gasteiger partial charge in [-0.3, -0.25) is 0 Å². The highest BCUT2D eigenvalue weighted by molar-refractivity contribution is 5.81. The first-order chi connectivity index (χ1) is 15.5. The molecule has 0 spiro atoms. The SMILES string of the molecule is C=CC(=O)OCc1ccc(N(c2ccc(COC(=O)C=C)cc2)c2cccc(C)c2)cc1. The van der Waals surface area contributed by atoms with Gasteiger partial charge in [-0.2, -0.15) is 0 Å². The van der Waals surface area contributed by atoms with E-state index in [1.165, 1.54) is 0 Å². The summed E-state index contributed by atoms with van der Waals surface area (Å²) in [5.74, 6) is -0.899. The van der Waals surface area contributed by atoms with Crippen LogP contribution in [0.5, 0.6) is 0 Å². The van der Waals surface area contributed by atoms with Crippen LogP contribution in [0.4, 0.5) is 17.1 Å². The standard InChI is InChI=1S/C27H25NO4/c1-4-26(29)31-18-21-9-13-23(14-10-21)28(25-8-6-7-20(3)17-25)24-15-11-22(12-16-24)19-32-27(30)5-2/h4-17H,1-2,18-19H2,3H3. The van der Waals surface area contributed by atoms with Crippen molar-refractivity contribution >= 4 is 29.0 Å². The molecule has 0 aliphatic carbocycles. The van der Waals surface area contributed by atoms with E-state index in [0.717, 1.165) is 45.9 Å². The Bertz CT molecular complexity index is 1030. The number of carbonyl (C=O) groups excluding carboxylic acids is 2. The number of rotatable bonds is 9. The third-order valence-corrected chi connectivity index (χ3v) is 4.74. The van der Waals surface area contributed by atoms with Gasteiger partial charge in [0.2, 0.25) is 0 Å². The van der Waals surface area contributed by atoms with E-state index in [9.17, 15) is 9.59 Å². The molecule has 0 saturated carbocycles. The summed E-state index contributed by atoms with van der Waals surface area (Å²) in [7, 11) is 0. The summed E-state index contributed by atoms with van der Waals surface area (Å²) < 4.78 is 10.2. The van der Waals surface area contributed by atoms with Gasteiger partial charge < -0.3 is 14.4 Å². The van der Waals surface area contributed by atoms with Crippen LogP contribution in [-0.4, -0.2) is 11.9 Å². The molecule has 0 radical (unpaired) electrons. The molecule has 0 atom stereocenters. The number of ether oxygens (including phenoxy) is 2. The summed E-state index contributed by atoms with van der Waals surface area (Å²) >= 11 is 0. The predicted octanol–water partition coefficient (Wildman–Crippen LogP) is 5.92. The van der Waals surface area contributed by atoms with Crippen molar-refractivity contribution in [3.05, 3.63) is 115 Å². The van der Waals surface area contributed by atoms with Gasteiger partial charge in [0.25, 0.3) is 0 Å². The number of esters is 2. The first-order valence-electron chi connectivity index (χ1n) is 10.1. The van der Waals surface area contributed by atoms with E-state index < -0.39 is 11.9 Å². The zero-order valence-corrected chi connectivity index (χ0v) is 18.0. The molecule has 0 fully saturated rings. The van der Waals surface area contributed by atoms with Crippen LogP contribution in [0.1, 0.15) is 16.7 Å². The van der Waals surface area contributed by atoms with Crippen molar-refractivity contribution in [1.82, 2.24) is 0 Å². The van der Waals surface area contributed by atoms with Gasteiger partial charge in [-0.05, 0) is 60.0 Å². The lowest BCUT2D eigenvalue weighted by Gasteiger charge is -2.26. The van der Waals surface area contributed by atoms with Gasteiger partial charge in [0, 0.05) is 29.2 Å². The Balaban J connectivity index is 1.88. The predicted molar refractivity (Wildman–Crippen MR) is 126 cm³/mol. The monoisotopic (exact) mass is 427 g/mol. The second-order valence-corrected chi connectivity index (χ2v) is 7.13. The number of nitrogens with zero attached hydrogens (tertiary/aromatic N) is 1.